The lowest BCUT2D eigenvalue weighted by molar-refractivity contribution is 0.0764. The number of hydrogen-bond acceptors (Lipinski definition) is 5. The number of carbonyl (C=O) groups excluding carboxylic acids is 1. The molecule has 6 heteroatoms. The molecule has 1 aromatic carbocycles. The molecule has 0 spiro atoms. The van der Waals surface area contributed by atoms with Gasteiger partial charge in [0, 0.05) is 50.8 Å². The van der Waals surface area contributed by atoms with Crippen LogP contribution in [0.1, 0.15) is 43.5 Å². The minimum Gasteiger partial charge on any atom is -0.493 e. The van der Waals surface area contributed by atoms with Gasteiger partial charge >= 0.3 is 0 Å². The highest BCUT2D eigenvalue weighted by Gasteiger charge is 2.28. The Balaban J connectivity index is 1.66. The second-order valence-corrected chi connectivity index (χ2v) is 8.17. The van der Waals surface area contributed by atoms with Crippen molar-refractivity contribution in [3.63, 3.8) is 0 Å². The van der Waals surface area contributed by atoms with Crippen LogP contribution in [0.4, 0.5) is 0 Å². The summed E-state index contributed by atoms with van der Waals surface area (Å²) in [6, 6.07) is 6.09. The molecule has 28 heavy (non-hydrogen) atoms. The Labute approximate surface area is 168 Å². The van der Waals surface area contributed by atoms with Gasteiger partial charge in [-0.25, -0.2) is 0 Å². The topological polar surface area (TPSA) is 51.2 Å². The first-order chi connectivity index (χ1) is 13.5. The summed E-state index contributed by atoms with van der Waals surface area (Å²) in [5.74, 6) is 1.83. The first kappa shape index (κ1) is 20.9. The van der Waals surface area contributed by atoms with Crippen LogP contribution in [-0.4, -0.2) is 74.9 Å². The van der Waals surface area contributed by atoms with Gasteiger partial charge in [-0.2, -0.15) is 0 Å². The molecule has 0 unspecified atom stereocenters. The van der Waals surface area contributed by atoms with Gasteiger partial charge in [0.25, 0.3) is 5.91 Å². The third-order valence-corrected chi connectivity index (χ3v) is 5.89. The fourth-order valence-electron chi connectivity index (χ4n) is 4.16. The zero-order valence-electron chi connectivity index (χ0n) is 17.6. The van der Waals surface area contributed by atoms with Crippen molar-refractivity contribution in [3.8, 4) is 11.5 Å². The van der Waals surface area contributed by atoms with Crippen LogP contribution < -0.4 is 9.47 Å². The molecule has 2 fully saturated rings. The van der Waals surface area contributed by atoms with E-state index in [0.717, 1.165) is 45.4 Å². The van der Waals surface area contributed by atoms with Crippen molar-refractivity contribution in [1.29, 1.82) is 0 Å². The quantitative estimate of drug-likeness (QED) is 0.716. The van der Waals surface area contributed by atoms with Crippen molar-refractivity contribution in [1.82, 2.24) is 9.80 Å². The summed E-state index contributed by atoms with van der Waals surface area (Å²) < 4.78 is 17.0. The van der Waals surface area contributed by atoms with Crippen LogP contribution in [0.5, 0.6) is 11.5 Å². The van der Waals surface area contributed by atoms with Crippen molar-refractivity contribution >= 4 is 5.91 Å². The van der Waals surface area contributed by atoms with Gasteiger partial charge in [-0.05, 0) is 51.3 Å². The lowest BCUT2D eigenvalue weighted by atomic mass is 10.1. The van der Waals surface area contributed by atoms with Crippen molar-refractivity contribution in [2.45, 2.75) is 45.3 Å². The maximum Gasteiger partial charge on any atom is 0.254 e. The molecule has 0 radical (unpaired) electrons. The monoisotopic (exact) mass is 390 g/mol. The maximum atomic E-state index is 12.9. The highest BCUT2D eigenvalue weighted by molar-refractivity contribution is 5.95. The second-order valence-electron chi connectivity index (χ2n) is 8.17. The third kappa shape index (κ3) is 4.97. The average molecular weight is 391 g/mol. The lowest BCUT2D eigenvalue weighted by Gasteiger charge is -2.34. The highest BCUT2D eigenvalue weighted by Crippen LogP contribution is 2.32. The number of nitrogens with zero attached hydrogens (tertiary/aromatic N) is 2. The molecule has 0 saturated carbocycles. The SMILES string of the molecule is COC[C@H]1CCN(C(=O)c2ccc(OC)c(OC3CCN(C(C)C)CC3)c2)C1. The van der Waals surface area contributed by atoms with Crippen molar-refractivity contribution in [2.75, 3.05) is 47.0 Å². The summed E-state index contributed by atoms with van der Waals surface area (Å²) in [6.45, 7) is 8.78. The minimum atomic E-state index is 0.0562. The van der Waals surface area contributed by atoms with E-state index in [4.69, 9.17) is 14.2 Å². The zero-order valence-corrected chi connectivity index (χ0v) is 17.6. The molecule has 0 aliphatic carbocycles. The molecule has 1 aromatic rings. The molecule has 2 saturated heterocycles. The molecular formula is C22H34N2O4. The summed E-state index contributed by atoms with van der Waals surface area (Å²) in [6.07, 6.45) is 3.13. The number of carbonyl (C=O) groups is 1. The second kappa shape index (κ2) is 9.61. The number of amides is 1. The molecular weight excluding hydrogens is 356 g/mol. The van der Waals surface area contributed by atoms with E-state index in [1.54, 1.807) is 14.2 Å². The predicted octanol–water partition coefficient (Wildman–Crippen LogP) is 3.06. The minimum absolute atomic E-state index is 0.0562. The van der Waals surface area contributed by atoms with Gasteiger partial charge in [-0.3, -0.25) is 4.79 Å². The van der Waals surface area contributed by atoms with Crippen LogP contribution in [0, 0.1) is 5.92 Å². The number of rotatable bonds is 7. The molecule has 2 aliphatic heterocycles. The normalized spacial score (nSPS) is 21.3. The molecule has 1 amide bonds. The van der Waals surface area contributed by atoms with Gasteiger partial charge in [0.15, 0.2) is 11.5 Å². The summed E-state index contributed by atoms with van der Waals surface area (Å²) in [5, 5.41) is 0. The summed E-state index contributed by atoms with van der Waals surface area (Å²) in [5.41, 5.74) is 0.661. The lowest BCUT2D eigenvalue weighted by Crippen LogP contribution is -2.41. The summed E-state index contributed by atoms with van der Waals surface area (Å²) in [4.78, 5) is 17.3. The van der Waals surface area contributed by atoms with Crippen molar-refractivity contribution in [2.24, 2.45) is 5.92 Å². The van der Waals surface area contributed by atoms with E-state index >= 15 is 0 Å². The first-order valence-corrected chi connectivity index (χ1v) is 10.4. The van der Waals surface area contributed by atoms with Gasteiger partial charge in [-0.15, -0.1) is 0 Å². The van der Waals surface area contributed by atoms with Crippen LogP contribution in [0.3, 0.4) is 0 Å². The van der Waals surface area contributed by atoms with Crippen LogP contribution >= 0.6 is 0 Å². The molecule has 3 rings (SSSR count). The number of piperidine rings is 1. The summed E-state index contributed by atoms with van der Waals surface area (Å²) >= 11 is 0. The van der Waals surface area contributed by atoms with E-state index in [0.29, 0.717) is 35.6 Å². The molecule has 156 valence electrons. The largest absolute Gasteiger partial charge is 0.493 e. The number of benzene rings is 1. The number of ether oxygens (including phenoxy) is 3. The van der Waals surface area contributed by atoms with Crippen LogP contribution in [0.15, 0.2) is 18.2 Å². The third-order valence-electron chi connectivity index (χ3n) is 5.89. The van der Waals surface area contributed by atoms with Crippen LogP contribution in [0.2, 0.25) is 0 Å². The molecule has 2 aliphatic rings. The first-order valence-electron chi connectivity index (χ1n) is 10.4. The van der Waals surface area contributed by atoms with Gasteiger partial charge in [0.2, 0.25) is 0 Å². The number of likely N-dealkylation sites (tertiary alicyclic amines) is 2. The van der Waals surface area contributed by atoms with E-state index in [1.807, 2.05) is 23.1 Å². The predicted molar refractivity (Wildman–Crippen MR) is 109 cm³/mol. The fraction of sp³-hybridized carbons (Fsp3) is 0.682. The Bertz CT molecular complexity index is 656. The highest BCUT2D eigenvalue weighted by atomic mass is 16.5. The molecule has 0 aromatic heterocycles. The molecule has 2 heterocycles. The van der Waals surface area contributed by atoms with E-state index in [1.165, 1.54) is 0 Å². The van der Waals surface area contributed by atoms with Crippen LogP contribution in [-0.2, 0) is 4.74 Å². The van der Waals surface area contributed by atoms with Gasteiger partial charge in [-0.1, -0.05) is 0 Å². The van der Waals surface area contributed by atoms with E-state index < -0.39 is 0 Å². The van der Waals surface area contributed by atoms with Gasteiger partial charge in [0.05, 0.1) is 13.7 Å². The Morgan fingerprint density at radius 3 is 2.50 bits per heavy atom. The van der Waals surface area contributed by atoms with Crippen molar-refractivity contribution in [3.05, 3.63) is 23.8 Å². The van der Waals surface area contributed by atoms with E-state index in [-0.39, 0.29) is 12.0 Å². The Morgan fingerprint density at radius 1 is 1.11 bits per heavy atom. The standard InChI is InChI=1S/C22H34N2O4/c1-16(2)23-11-8-19(9-12-23)28-21-13-18(5-6-20(21)27-4)22(25)24-10-7-17(14-24)15-26-3/h5-6,13,16-17,19H,7-12,14-15H2,1-4H3/t17-/m0/s1. The van der Waals surface area contributed by atoms with Crippen LogP contribution in [0.25, 0.3) is 0 Å². The fourth-order valence-corrected chi connectivity index (χ4v) is 4.16. The number of methoxy groups -OCH3 is 2. The van der Waals surface area contributed by atoms with Crippen molar-refractivity contribution < 1.29 is 19.0 Å². The molecule has 0 N–H and O–H groups in total. The Morgan fingerprint density at radius 2 is 1.86 bits per heavy atom. The van der Waals surface area contributed by atoms with E-state index in [2.05, 4.69) is 18.7 Å². The molecule has 0 bridgehead atoms. The Hall–Kier alpha value is -1.79. The van der Waals surface area contributed by atoms with Gasteiger partial charge in [0.1, 0.15) is 6.10 Å². The van der Waals surface area contributed by atoms with E-state index in [9.17, 15) is 4.79 Å². The van der Waals surface area contributed by atoms with Gasteiger partial charge < -0.3 is 24.0 Å². The average Bonchev–Trinajstić information content (AvgIpc) is 3.16. The zero-order chi connectivity index (χ0) is 20.1. The molecule has 1 atom stereocenters. The Kier molecular flexibility index (Phi) is 7.18. The number of hydrogen-bond donors (Lipinski definition) is 0. The molecule has 6 nitrogen and oxygen atoms in total. The maximum absolute atomic E-state index is 12.9. The smallest absolute Gasteiger partial charge is 0.254 e. The summed E-state index contributed by atoms with van der Waals surface area (Å²) in [7, 11) is 3.35.